The monoisotopic (exact) mass is 472 g/mol. The molecule has 0 N–H and O–H groups in total. The van der Waals surface area contributed by atoms with Gasteiger partial charge in [0.15, 0.2) is 6.10 Å². The summed E-state index contributed by atoms with van der Waals surface area (Å²) in [4.78, 5) is 41.8. The van der Waals surface area contributed by atoms with Gasteiger partial charge in [0.1, 0.15) is 5.60 Å². The lowest BCUT2D eigenvalue weighted by molar-refractivity contribution is -0.151. The molecule has 34 heavy (non-hydrogen) atoms. The van der Waals surface area contributed by atoms with E-state index in [-0.39, 0.29) is 25.1 Å². The molecule has 10 heteroatoms. The van der Waals surface area contributed by atoms with E-state index in [9.17, 15) is 14.4 Å². The van der Waals surface area contributed by atoms with Gasteiger partial charge in [-0.25, -0.2) is 9.59 Å². The van der Waals surface area contributed by atoms with Crippen LogP contribution in [0.25, 0.3) is 10.9 Å². The molecule has 2 atom stereocenters. The molecule has 1 aliphatic carbocycles. The first-order chi connectivity index (χ1) is 16.1. The molecular formula is C24H32N4O6. The van der Waals surface area contributed by atoms with Crippen LogP contribution in [0.3, 0.4) is 0 Å². The van der Waals surface area contributed by atoms with Gasteiger partial charge in [-0.3, -0.25) is 4.79 Å². The van der Waals surface area contributed by atoms with Gasteiger partial charge in [0.25, 0.3) is 5.91 Å². The molecule has 0 radical (unpaired) electrons. The number of para-hydroxylation sites is 1. The fraction of sp³-hybridized carbons (Fsp3) is 0.583. The minimum Gasteiger partial charge on any atom is -0.451 e. The summed E-state index contributed by atoms with van der Waals surface area (Å²) < 4.78 is 17.4. The van der Waals surface area contributed by atoms with Crippen molar-refractivity contribution in [3.05, 3.63) is 30.0 Å². The summed E-state index contributed by atoms with van der Waals surface area (Å²) in [6.45, 7) is 8.07. The number of methoxy groups -OCH3 is 1. The Morgan fingerprint density at radius 2 is 1.88 bits per heavy atom. The minimum absolute atomic E-state index is 0.0602. The molecule has 1 aromatic carbocycles. The standard InChI is InChI=1S/C24H32N4O6/c1-15(20-17-8-6-7-9-18(17)28(25-20)23(31)32-5)27(16-10-11-16)21(29)19-14-26(12-13-33-19)22(30)34-24(2,3)4/h6-9,15-16,19H,10-14H2,1-5H3/t15-,19-/m1/s1. The Labute approximate surface area is 198 Å². The number of fused-ring (bicyclic) bond motifs is 1. The molecule has 0 spiro atoms. The zero-order valence-corrected chi connectivity index (χ0v) is 20.3. The van der Waals surface area contributed by atoms with E-state index in [1.807, 2.05) is 45.9 Å². The summed E-state index contributed by atoms with van der Waals surface area (Å²) in [6, 6.07) is 7.02. The third kappa shape index (κ3) is 4.86. The fourth-order valence-electron chi connectivity index (χ4n) is 4.25. The second-order valence-corrected chi connectivity index (χ2v) is 9.72. The summed E-state index contributed by atoms with van der Waals surface area (Å²) in [7, 11) is 1.30. The third-order valence-electron chi connectivity index (χ3n) is 5.96. The lowest BCUT2D eigenvalue weighted by atomic mass is 10.1. The number of carbonyl (C=O) groups is 3. The number of amides is 2. The van der Waals surface area contributed by atoms with Gasteiger partial charge in [-0.2, -0.15) is 9.78 Å². The number of nitrogens with zero attached hydrogens (tertiary/aromatic N) is 4. The Balaban J connectivity index is 1.59. The number of aromatic nitrogens is 2. The molecule has 0 bridgehead atoms. The van der Waals surface area contributed by atoms with Crippen molar-refractivity contribution in [2.45, 2.75) is 64.3 Å². The van der Waals surface area contributed by atoms with E-state index < -0.39 is 29.9 Å². The van der Waals surface area contributed by atoms with E-state index in [1.54, 1.807) is 11.0 Å². The van der Waals surface area contributed by atoms with Crippen molar-refractivity contribution in [2.24, 2.45) is 0 Å². The number of benzene rings is 1. The van der Waals surface area contributed by atoms with Crippen LogP contribution in [0.1, 0.15) is 52.3 Å². The lowest BCUT2D eigenvalue weighted by Gasteiger charge is -2.37. The van der Waals surface area contributed by atoms with Crippen molar-refractivity contribution < 1.29 is 28.6 Å². The van der Waals surface area contributed by atoms with Crippen LogP contribution >= 0.6 is 0 Å². The average Bonchev–Trinajstić information content (AvgIpc) is 3.56. The van der Waals surface area contributed by atoms with E-state index >= 15 is 0 Å². The van der Waals surface area contributed by atoms with Crippen LogP contribution in [0, 0.1) is 0 Å². The van der Waals surface area contributed by atoms with Crippen LogP contribution in [0.5, 0.6) is 0 Å². The number of hydrogen-bond donors (Lipinski definition) is 0. The molecule has 2 fully saturated rings. The normalized spacial score (nSPS) is 19.6. The van der Waals surface area contributed by atoms with Crippen LogP contribution < -0.4 is 0 Å². The molecule has 2 aliphatic rings. The Hall–Kier alpha value is -3.14. The van der Waals surface area contributed by atoms with Crippen LogP contribution in [0.2, 0.25) is 0 Å². The van der Waals surface area contributed by atoms with Gasteiger partial charge < -0.3 is 24.0 Å². The number of ether oxygens (including phenoxy) is 3. The van der Waals surface area contributed by atoms with E-state index in [2.05, 4.69) is 5.10 Å². The second-order valence-electron chi connectivity index (χ2n) is 9.72. The summed E-state index contributed by atoms with van der Waals surface area (Å²) >= 11 is 0. The maximum absolute atomic E-state index is 13.7. The first kappa shape index (κ1) is 24.0. The highest BCUT2D eigenvalue weighted by Crippen LogP contribution is 2.37. The van der Waals surface area contributed by atoms with Crippen molar-refractivity contribution in [3.8, 4) is 0 Å². The summed E-state index contributed by atoms with van der Waals surface area (Å²) in [5.41, 5.74) is 0.605. The molecule has 2 amide bonds. The predicted octanol–water partition coefficient (Wildman–Crippen LogP) is 3.34. The highest BCUT2D eigenvalue weighted by Gasteiger charge is 2.43. The van der Waals surface area contributed by atoms with Gasteiger partial charge in [-0.1, -0.05) is 18.2 Å². The summed E-state index contributed by atoms with van der Waals surface area (Å²) in [5.74, 6) is -0.194. The molecule has 184 valence electrons. The zero-order chi connectivity index (χ0) is 24.6. The summed E-state index contributed by atoms with van der Waals surface area (Å²) in [6.07, 6.45) is -0.0779. The number of hydrogen-bond acceptors (Lipinski definition) is 7. The largest absolute Gasteiger partial charge is 0.451 e. The first-order valence-electron chi connectivity index (χ1n) is 11.6. The average molecular weight is 473 g/mol. The summed E-state index contributed by atoms with van der Waals surface area (Å²) in [5, 5.41) is 5.30. The molecular weight excluding hydrogens is 440 g/mol. The SMILES string of the molecule is COC(=O)n1nc([C@@H](C)N(C(=O)[C@H]2CN(C(=O)OC(C)(C)C)CCO2)C2CC2)c2ccccc21. The molecule has 2 aromatic rings. The first-order valence-corrected chi connectivity index (χ1v) is 11.6. The molecule has 0 unspecified atom stereocenters. The second kappa shape index (κ2) is 9.25. The van der Waals surface area contributed by atoms with Crippen molar-refractivity contribution in [1.29, 1.82) is 0 Å². The number of rotatable bonds is 4. The Bertz CT molecular complexity index is 1090. The zero-order valence-electron chi connectivity index (χ0n) is 20.3. The van der Waals surface area contributed by atoms with E-state index in [1.165, 1.54) is 16.7 Å². The van der Waals surface area contributed by atoms with Gasteiger partial charge >= 0.3 is 12.2 Å². The topological polar surface area (TPSA) is 103 Å². The molecule has 4 rings (SSSR count). The van der Waals surface area contributed by atoms with Crippen LogP contribution in [-0.4, -0.2) is 82.2 Å². The van der Waals surface area contributed by atoms with Gasteiger partial charge in [-0.15, -0.1) is 0 Å². The molecule has 2 heterocycles. The van der Waals surface area contributed by atoms with Crippen molar-refractivity contribution in [3.63, 3.8) is 0 Å². The third-order valence-corrected chi connectivity index (χ3v) is 5.96. The highest BCUT2D eigenvalue weighted by atomic mass is 16.6. The van der Waals surface area contributed by atoms with Crippen LogP contribution in [0.4, 0.5) is 9.59 Å². The van der Waals surface area contributed by atoms with Crippen LogP contribution in [-0.2, 0) is 19.0 Å². The van der Waals surface area contributed by atoms with Crippen LogP contribution in [0.15, 0.2) is 24.3 Å². The molecule has 10 nitrogen and oxygen atoms in total. The number of morpholine rings is 1. The van der Waals surface area contributed by atoms with Crippen molar-refractivity contribution >= 4 is 29.0 Å². The lowest BCUT2D eigenvalue weighted by Crippen LogP contribution is -2.54. The Morgan fingerprint density at radius 3 is 2.53 bits per heavy atom. The maximum atomic E-state index is 13.7. The Morgan fingerprint density at radius 1 is 1.18 bits per heavy atom. The van der Waals surface area contributed by atoms with E-state index in [0.717, 1.165) is 18.2 Å². The minimum atomic E-state index is -0.793. The molecule has 1 aromatic heterocycles. The van der Waals surface area contributed by atoms with E-state index in [0.29, 0.717) is 17.8 Å². The quantitative estimate of drug-likeness (QED) is 0.672. The molecule has 1 saturated carbocycles. The molecule has 1 aliphatic heterocycles. The smallest absolute Gasteiger partial charge is 0.434 e. The van der Waals surface area contributed by atoms with Crippen molar-refractivity contribution in [2.75, 3.05) is 26.8 Å². The molecule has 1 saturated heterocycles. The fourth-order valence-corrected chi connectivity index (χ4v) is 4.25. The highest BCUT2D eigenvalue weighted by molar-refractivity contribution is 5.90. The number of carbonyl (C=O) groups excluding carboxylic acids is 3. The van der Waals surface area contributed by atoms with E-state index in [4.69, 9.17) is 14.2 Å². The van der Waals surface area contributed by atoms with Crippen molar-refractivity contribution in [1.82, 2.24) is 19.6 Å². The van der Waals surface area contributed by atoms with Gasteiger partial charge in [-0.05, 0) is 46.6 Å². The maximum Gasteiger partial charge on any atom is 0.434 e. The predicted molar refractivity (Wildman–Crippen MR) is 123 cm³/mol. The van der Waals surface area contributed by atoms with Gasteiger partial charge in [0.2, 0.25) is 0 Å². The van der Waals surface area contributed by atoms with Gasteiger partial charge in [0.05, 0.1) is 37.5 Å². The van der Waals surface area contributed by atoms with Gasteiger partial charge in [0, 0.05) is 18.0 Å². The Kier molecular flexibility index (Phi) is 6.53.